The largest absolute Gasteiger partial charge is 0.481 e. The number of hydrogen-bond donors (Lipinski definition) is 8. The molecule has 0 aromatic carbocycles. The number of carboxylic acid groups (broad SMARTS) is 4. The Balaban J connectivity index is -0.000000174. The van der Waals surface area contributed by atoms with Crippen molar-refractivity contribution in [3.63, 3.8) is 0 Å². The summed E-state index contributed by atoms with van der Waals surface area (Å²) in [4.78, 5) is 36.0. The van der Waals surface area contributed by atoms with Crippen molar-refractivity contribution in [2.45, 2.75) is 79.1 Å². The Labute approximate surface area is 178 Å². The van der Waals surface area contributed by atoms with Crippen LogP contribution in [-0.4, -0.2) is 57.4 Å². The first kappa shape index (κ1) is 35.2. The Bertz CT molecular complexity index is 306. The number of carboxylic acids is 4. The molecule has 0 radical (unpaired) electrons. The summed E-state index contributed by atoms with van der Waals surface area (Å²) in [7, 11) is 0. The second-order valence-corrected chi connectivity index (χ2v) is 6.01. The van der Waals surface area contributed by atoms with E-state index in [-0.39, 0.29) is 0 Å². The Hall–Kier alpha value is -2.28. The Morgan fingerprint density at radius 3 is 0.833 bits per heavy atom. The van der Waals surface area contributed by atoms with Crippen molar-refractivity contribution in [3.05, 3.63) is 0 Å². The van der Waals surface area contributed by atoms with Gasteiger partial charge >= 0.3 is 0 Å². The highest BCUT2D eigenvalue weighted by molar-refractivity contribution is 5.63. The smallest absolute Gasteiger partial charge is 0.300 e. The van der Waals surface area contributed by atoms with Gasteiger partial charge in [0.05, 0.1) is 0 Å². The molecule has 1 rings (SSSR count). The topological polar surface area (TPSA) is 197 Å². The third-order valence-corrected chi connectivity index (χ3v) is 2.59. The van der Waals surface area contributed by atoms with Crippen molar-refractivity contribution in [3.8, 4) is 0 Å². The van der Waals surface area contributed by atoms with Gasteiger partial charge in [0.2, 0.25) is 0 Å². The van der Waals surface area contributed by atoms with E-state index in [1.165, 1.54) is 51.4 Å². The number of carbonyl (C=O) groups is 4. The summed E-state index contributed by atoms with van der Waals surface area (Å²) in [5.74, 6) is -3.33. The van der Waals surface area contributed by atoms with Crippen LogP contribution in [0.25, 0.3) is 0 Å². The maximum Gasteiger partial charge on any atom is 0.300 e. The summed E-state index contributed by atoms with van der Waals surface area (Å²) < 4.78 is 0. The standard InChI is InChI=1S/C10H24N4.4C2H4O2/c1-2-4-6-8-10-12-14-13-11-9-7-5-3-1;4*1-2(3)4/h11-14H,1-10H2;4*1H3,(H,3,4). The average molecular weight is 441 g/mol. The molecule has 12 nitrogen and oxygen atoms in total. The van der Waals surface area contributed by atoms with Crippen LogP contribution in [-0.2, 0) is 19.2 Å². The lowest BCUT2D eigenvalue weighted by Gasteiger charge is -2.10. The molecular weight excluding hydrogens is 400 g/mol. The van der Waals surface area contributed by atoms with Crippen molar-refractivity contribution in [1.82, 2.24) is 21.9 Å². The van der Waals surface area contributed by atoms with Crippen LogP contribution in [0.15, 0.2) is 0 Å². The quantitative estimate of drug-likeness (QED) is 0.271. The van der Waals surface area contributed by atoms with E-state index < -0.39 is 23.9 Å². The van der Waals surface area contributed by atoms with Crippen LogP contribution in [0, 0.1) is 0 Å². The van der Waals surface area contributed by atoms with Gasteiger partial charge in [-0.05, 0) is 12.8 Å². The van der Waals surface area contributed by atoms with Gasteiger partial charge in [0.15, 0.2) is 0 Å². The van der Waals surface area contributed by atoms with E-state index in [2.05, 4.69) is 21.9 Å². The second kappa shape index (κ2) is 31.4. The van der Waals surface area contributed by atoms with Gasteiger partial charge in [-0.15, -0.1) is 0 Å². The molecule has 1 fully saturated rings. The van der Waals surface area contributed by atoms with E-state index in [1.807, 2.05) is 0 Å². The van der Waals surface area contributed by atoms with Crippen LogP contribution in [0.5, 0.6) is 0 Å². The van der Waals surface area contributed by atoms with Gasteiger partial charge in [0.1, 0.15) is 0 Å². The van der Waals surface area contributed by atoms with Crippen LogP contribution in [0.2, 0.25) is 0 Å². The number of hydrogen-bond acceptors (Lipinski definition) is 8. The molecule has 0 unspecified atom stereocenters. The van der Waals surface area contributed by atoms with Gasteiger partial charge in [-0.1, -0.05) is 38.5 Å². The summed E-state index contributed by atoms with van der Waals surface area (Å²) in [6, 6.07) is 0. The molecule has 0 atom stereocenters. The second-order valence-electron chi connectivity index (χ2n) is 6.01. The van der Waals surface area contributed by atoms with E-state index in [0.717, 1.165) is 40.8 Å². The lowest BCUT2D eigenvalue weighted by Crippen LogP contribution is -2.51. The molecule has 0 spiro atoms. The van der Waals surface area contributed by atoms with Gasteiger partial charge in [0, 0.05) is 40.8 Å². The highest BCUT2D eigenvalue weighted by Gasteiger charge is 1.94. The van der Waals surface area contributed by atoms with Crippen LogP contribution in [0.4, 0.5) is 0 Å². The number of hydrazine groups is 3. The normalized spacial score (nSPS) is 14.5. The number of rotatable bonds is 0. The molecule has 1 heterocycles. The molecule has 0 amide bonds. The van der Waals surface area contributed by atoms with Crippen molar-refractivity contribution in [1.29, 1.82) is 0 Å². The molecular formula is C18H40N4O8. The van der Waals surface area contributed by atoms with Crippen LogP contribution >= 0.6 is 0 Å². The van der Waals surface area contributed by atoms with E-state index in [9.17, 15) is 0 Å². The van der Waals surface area contributed by atoms with Crippen molar-refractivity contribution in [2.75, 3.05) is 13.1 Å². The third-order valence-electron chi connectivity index (χ3n) is 2.59. The van der Waals surface area contributed by atoms with Gasteiger partial charge < -0.3 is 20.4 Å². The van der Waals surface area contributed by atoms with E-state index in [0.29, 0.717) is 0 Å². The highest BCUT2D eigenvalue weighted by atomic mass is 16.4. The fourth-order valence-corrected chi connectivity index (χ4v) is 1.70. The SMILES string of the molecule is C1CCCCCNNNNCCCC1.CC(=O)O.CC(=O)O.CC(=O)O.CC(=O)O. The minimum absolute atomic E-state index is 0.833. The Morgan fingerprint density at radius 1 is 0.467 bits per heavy atom. The molecule has 1 saturated heterocycles. The first-order valence-electron chi connectivity index (χ1n) is 9.67. The molecule has 8 N–H and O–H groups in total. The summed E-state index contributed by atoms with van der Waals surface area (Å²) in [5, 5.41) is 29.7. The lowest BCUT2D eigenvalue weighted by atomic mass is 10.1. The summed E-state index contributed by atoms with van der Waals surface area (Å²) >= 11 is 0. The van der Waals surface area contributed by atoms with Gasteiger partial charge in [0.25, 0.3) is 23.9 Å². The predicted molar refractivity (Wildman–Crippen MR) is 112 cm³/mol. The zero-order valence-electron chi connectivity index (χ0n) is 18.5. The van der Waals surface area contributed by atoms with Crippen molar-refractivity contribution in [2.24, 2.45) is 0 Å². The monoisotopic (exact) mass is 440 g/mol. The van der Waals surface area contributed by atoms with E-state index in [1.54, 1.807) is 0 Å². The molecule has 0 aromatic rings. The maximum atomic E-state index is 9.00. The fourth-order valence-electron chi connectivity index (χ4n) is 1.70. The van der Waals surface area contributed by atoms with Crippen molar-refractivity contribution < 1.29 is 39.6 Å². The molecule has 0 aromatic heterocycles. The van der Waals surface area contributed by atoms with E-state index >= 15 is 0 Å². The Kier molecular flexibility index (Phi) is 36.8. The molecule has 12 heteroatoms. The van der Waals surface area contributed by atoms with Gasteiger partial charge in [-0.3, -0.25) is 19.2 Å². The summed E-state index contributed by atoms with van der Waals surface area (Å²) in [6.07, 6.45) is 10.8. The molecule has 180 valence electrons. The third kappa shape index (κ3) is 114. The number of nitrogens with one attached hydrogen (secondary N) is 4. The lowest BCUT2D eigenvalue weighted by molar-refractivity contribution is -0.135. The Morgan fingerprint density at radius 2 is 0.633 bits per heavy atom. The van der Waals surface area contributed by atoms with Gasteiger partial charge in [-0.2, -0.15) is 11.1 Å². The van der Waals surface area contributed by atoms with E-state index in [4.69, 9.17) is 39.6 Å². The molecule has 0 saturated carbocycles. The van der Waals surface area contributed by atoms with Crippen LogP contribution < -0.4 is 21.9 Å². The number of aliphatic carboxylic acids is 4. The first-order valence-corrected chi connectivity index (χ1v) is 9.67. The van der Waals surface area contributed by atoms with Crippen LogP contribution in [0.1, 0.15) is 79.1 Å². The summed E-state index contributed by atoms with van der Waals surface area (Å²) in [5.41, 5.74) is 12.1. The zero-order chi connectivity index (χ0) is 24.2. The van der Waals surface area contributed by atoms with Crippen molar-refractivity contribution >= 4 is 23.9 Å². The molecule has 0 bridgehead atoms. The highest BCUT2D eigenvalue weighted by Crippen LogP contribution is 2.07. The first-order chi connectivity index (χ1) is 13.9. The van der Waals surface area contributed by atoms with Crippen LogP contribution in [0.3, 0.4) is 0 Å². The molecule has 1 aliphatic heterocycles. The minimum atomic E-state index is -0.833. The average Bonchev–Trinajstić information content (AvgIpc) is 2.55. The zero-order valence-corrected chi connectivity index (χ0v) is 18.5. The molecule has 0 aliphatic carbocycles. The predicted octanol–water partition coefficient (Wildman–Crippen LogP) is 1.59. The fraction of sp³-hybridized carbons (Fsp3) is 0.778. The maximum absolute atomic E-state index is 9.00. The molecule has 30 heavy (non-hydrogen) atoms. The minimum Gasteiger partial charge on any atom is -0.481 e. The van der Waals surface area contributed by atoms with Gasteiger partial charge in [-0.25, -0.2) is 10.9 Å². The molecule has 1 aliphatic rings. The summed E-state index contributed by atoms with van der Waals surface area (Å²) in [6.45, 7) is 6.41.